The lowest BCUT2D eigenvalue weighted by Crippen LogP contribution is -2.34. The maximum Gasteiger partial charge on any atom is 0.435 e. The van der Waals surface area contributed by atoms with Crippen LogP contribution in [0.1, 0.15) is 40.8 Å². The van der Waals surface area contributed by atoms with E-state index in [0.29, 0.717) is 12.6 Å². The van der Waals surface area contributed by atoms with E-state index in [0.717, 1.165) is 46.4 Å². The Bertz CT molecular complexity index is 1350. The Balaban J connectivity index is 0.000000178. The molecule has 200 valence electrons. The Kier molecular flexibility index (Phi) is 8.64. The molecule has 11 heteroatoms. The van der Waals surface area contributed by atoms with Crippen LogP contribution in [0.3, 0.4) is 0 Å². The molecule has 38 heavy (non-hydrogen) atoms. The van der Waals surface area contributed by atoms with Crippen molar-refractivity contribution >= 4 is 17.2 Å². The first-order valence-electron chi connectivity index (χ1n) is 12.3. The van der Waals surface area contributed by atoms with Crippen LogP contribution in [0.15, 0.2) is 48.7 Å². The molecule has 3 aromatic rings. The van der Waals surface area contributed by atoms with E-state index < -0.39 is 17.7 Å². The summed E-state index contributed by atoms with van der Waals surface area (Å²) in [4.78, 5) is 16.0. The lowest BCUT2D eigenvalue weighted by Gasteiger charge is -2.25. The number of aromatic nitrogens is 2. The summed E-state index contributed by atoms with van der Waals surface area (Å²) in [5.41, 5.74) is -0.154. The molecule has 1 N–H and O–H groups in total. The topological polar surface area (TPSA) is 74.0 Å². The van der Waals surface area contributed by atoms with Crippen molar-refractivity contribution in [2.45, 2.75) is 51.5 Å². The number of amides is 1. The van der Waals surface area contributed by atoms with Crippen molar-refractivity contribution in [1.29, 1.82) is 5.26 Å². The average Bonchev–Trinajstić information content (AvgIpc) is 3.66. The van der Waals surface area contributed by atoms with Gasteiger partial charge < -0.3 is 10.2 Å². The minimum absolute atomic E-state index is 0.0799. The fourth-order valence-corrected chi connectivity index (χ4v) is 5.44. The predicted octanol–water partition coefficient (Wildman–Crippen LogP) is 5.54. The highest BCUT2D eigenvalue weighted by atomic mass is 32.1. The Morgan fingerprint density at radius 1 is 1.32 bits per heavy atom. The van der Waals surface area contributed by atoms with Crippen molar-refractivity contribution in [2.24, 2.45) is 0 Å². The summed E-state index contributed by atoms with van der Waals surface area (Å²) < 4.78 is 53.1. The fourth-order valence-electron chi connectivity index (χ4n) is 4.41. The van der Waals surface area contributed by atoms with Gasteiger partial charge in [0.05, 0.1) is 6.54 Å². The summed E-state index contributed by atoms with van der Waals surface area (Å²) in [6.07, 6.45) is 3.45. The van der Waals surface area contributed by atoms with E-state index in [1.54, 1.807) is 13.0 Å². The number of aryl methyl sites for hydroxylation is 1. The van der Waals surface area contributed by atoms with Gasteiger partial charge in [-0.3, -0.25) is 9.48 Å². The van der Waals surface area contributed by atoms with Crippen LogP contribution in [-0.2, 0) is 30.5 Å². The van der Waals surface area contributed by atoms with E-state index >= 15 is 0 Å². The second kappa shape index (κ2) is 11.9. The van der Waals surface area contributed by atoms with Crippen molar-refractivity contribution in [3.05, 3.63) is 75.5 Å². The molecule has 4 heterocycles. The number of nitrogens with zero attached hydrogens (tertiary/aromatic N) is 4. The van der Waals surface area contributed by atoms with Crippen LogP contribution in [0.2, 0.25) is 0 Å². The maximum atomic E-state index is 13.6. The summed E-state index contributed by atoms with van der Waals surface area (Å²) >= 11 is 1.51. The van der Waals surface area contributed by atoms with Crippen LogP contribution in [0.5, 0.6) is 0 Å². The number of hydrogen-bond donors (Lipinski definition) is 1. The number of carbonyl (C=O) groups is 1. The molecule has 2 aliphatic rings. The van der Waals surface area contributed by atoms with Crippen molar-refractivity contribution in [3.63, 3.8) is 0 Å². The number of thiophene rings is 1. The van der Waals surface area contributed by atoms with Crippen LogP contribution < -0.4 is 5.32 Å². The van der Waals surface area contributed by atoms with E-state index in [4.69, 9.17) is 5.26 Å². The van der Waals surface area contributed by atoms with Gasteiger partial charge in [0.1, 0.15) is 16.8 Å². The molecule has 1 amide bonds. The molecule has 0 saturated carbocycles. The van der Waals surface area contributed by atoms with Gasteiger partial charge in [-0.1, -0.05) is 24.3 Å². The Morgan fingerprint density at radius 3 is 2.76 bits per heavy atom. The van der Waals surface area contributed by atoms with Gasteiger partial charge in [-0.25, -0.2) is 4.39 Å². The van der Waals surface area contributed by atoms with Gasteiger partial charge in [0, 0.05) is 47.4 Å². The third-order valence-corrected chi connectivity index (χ3v) is 7.46. The normalized spacial score (nSPS) is 17.2. The number of carbonyl (C=O) groups excluding carboxylic acids is 1. The van der Waals surface area contributed by atoms with Crippen LogP contribution in [0, 0.1) is 17.1 Å². The molecule has 2 aliphatic heterocycles. The number of fused-ring (bicyclic) bond motifs is 1. The second-order valence-corrected chi connectivity index (χ2v) is 10.1. The molecular weight excluding hydrogens is 518 g/mol. The summed E-state index contributed by atoms with van der Waals surface area (Å²) in [7, 11) is 0. The third-order valence-electron chi connectivity index (χ3n) is 6.39. The van der Waals surface area contributed by atoms with E-state index in [-0.39, 0.29) is 23.6 Å². The number of benzene rings is 1. The molecule has 6 nitrogen and oxygen atoms in total. The van der Waals surface area contributed by atoms with Crippen molar-refractivity contribution < 1.29 is 22.4 Å². The van der Waals surface area contributed by atoms with Crippen LogP contribution in [0.4, 0.5) is 17.6 Å². The maximum absolute atomic E-state index is 13.6. The number of halogens is 4. The fraction of sp³-hybridized carbons (Fsp3) is 0.370. The minimum Gasteiger partial charge on any atom is -0.334 e. The van der Waals surface area contributed by atoms with Gasteiger partial charge in [0.2, 0.25) is 5.91 Å². The minimum atomic E-state index is -4.60. The van der Waals surface area contributed by atoms with Gasteiger partial charge >= 0.3 is 6.18 Å². The van der Waals surface area contributed by atoms with Gasteiger partial charge in [-0.2, -0.15) is 23.5 Å². The summed E-state index contributed by atoms with van der Waals surface area (Å²) in [5, 5.41) is 15.7. The first-order valence-corrected chi connectivity index (χ1v) is 13.1. The van der Waals surface area contributed by atoms with Crippen LogP contribution in [-0.4, -0.2) is 39.7 Å². The monoisotopic (exact) mass is 545 g/mol. The lowest BCUT2D eigenvalue weighted by molar-refractivity contribution is -0.141. The quantitative estimate of drug-likeness (QED) is 0.345. The molecule has 1 fully saturated rings. The molecule has 0 bridgehead atoms. The summed E-state index contributed by atoms with van der Waals surface area (Å²) in [6, 6.07) is 9.84. The number of hydrogen-bond acceptors (Lipinski definition) is 5. The molecule has 1 saturated heterocycles. The highest BCUT2D eigenvalue weighted by Gasteiger charge is 2.38. The number of rotatable bonds is 4. The first-order chi connectivity index (χ1) is 18.2. The molecule has 2 aromatic heterocycles. The average molecular weight is 546 g/mol. The zero-order valence-corrected chi connectivity index (χ0v) is 21.6. The van der Waals surface area contributed by atoms with Gasteiger partial charge in [-0.15, -0.1) is 11.3 Å². The van der Waals surface area contributed by atoms with Gasteiger partial charge in [0.15, 0.2) is 5.69 Å². The van der Waals surface area contributed by atoms with E-state index in [9.17, 15) is 22.4 Å². The van der Waals surface area contributed by atoms with Crippen molar-refractivity contribution in [1.82, 2.24) is 20.0 Å². The zero-order valence-electron chi connectivity index (χ0n) is 20.8. The highest BCUT2D eigenvalue weighted by Crippen LogP contribution is 2.37. The Labute approximate surface area is 222 Å². The molecular formula is C27H27F4N5OS. The molecule has 0 radical (unpaired) electrons. The van der Waals surface area contributed by atoms with Crippen molar-refractivity contribution in [2.75, 3.05) is 13.1 Å². The van der Waals surface area contributed by atoms with Gasteiger partial charge in [-0.05, 0) is 50.4 Å². The standard InChI is InChI=1S/C15H17N3OS.C12H10F4N2/c16-9-13-8-11-5-7-18(10-14(11)20-13)15(19)4-3-12-2-1-6-17-12;1-2-18-7-9(11(17-18)12(14,15)16)8-5-3-4-6-10(8)13/h3-4,8,12,17H,1-2,5-7,10H2;3-7H,2H2,1H3/b4-3+;. The summed E-state index contributed by atoms with van der Waals surface area (Å²) in [6.45, 7) is 4.39. The first kappa shape index (κ1) is 27.5. The molecule has 0 spiro atoms. The highest BCUT2D eigenvalue weighted by molar-refractivity contribution is 7.12. The third kappa shape index (κ3) is 6.49. The second-order valence-electron chi connectivity index (χ2n) is 8.97. The van der Waals surface area contributed by atoms with Gasteiger partial charge in [0.25, 0.3) is 0 Å². The van der Waals surface area contributed by atoms with Crippen LogP contribution >= 0.6 is 11.3 Å². The SMILES string of the molecule is CCn1cc(-c2ccccc2F)c(C(F)(F)F)n1.N#Cc1cc2c(s1)CN(C(=O)/C=C/C1CCCN1)CC2. The number of alkyl halides is 3. The van der Waals surface area contributed by atoms with E-state index in [1.807, 2.05) is 17.0 Å². The molecule has 5 rings (SSSR count). The predicted molar refractivity (Wildman–Crippen MR) is 137 cm³/mol. The molecule has 1 unspecified atom stereocenters. The zero-order chi connectivity index (χ0) is 27.3. The number of nitriles is 1. The summed E-state index contributed by atoms with van der Waals surface area (Å²) in [5.74, 6) is -0.616. The lowest BCUT2D eigenvalue weighted by atomic mass is 10.1. The van der Waals surface area contributed by atoms with Crippen LogP contribution in [0.25, 0.3) is 11.1 Å². The van der Waals surface area contributed by atoms with E-state index in [2.05, 4.69) is 16.5 Å². The molecule has 0 aliphatic carbocycles. The largest absolute Gasteiger partial charge is 0.435 e. The van der Waals surface area contributed by atoms with E-state index in [1.165, 1.54) is 47.7 Å². The van der Waals surface area contributed by atoms with Crippen molar-refractivity contribution in [3.8, 4) is 17.2 Å². The Hall–Kier alpha value is -3.49. The smallest absolute Gasteiger partial charge is 0.334 e. The Morgan fingerprint density at radius 2 is 2.11 bits per heavy atom. The number of nitrogens with one attached hydrogen (secondary N) is 1. The molecule has 1 atom stereocenters. The molecule has 1 aromatic carbocycles.